The topological polar surface area (TPSA) is 55.8 Å². The van der Waals surface area contributed by atoms with Crippen LogP contribution in [0.15, 0.2) is 23.5 Å². The molecule has 0 bridgehead atoms. The van der Waals surface area contributed by atoms with Crippen LogP contribution in [0.2, 0.25) is 0 Å². The van der Waals surface area contributed by atoms with Crippen LogP contribution in [-0.4, -0.2) is 36.2 Å². The minimum atomic E-state index is -0.425. The van der Waals surface area contributed by atoms with Crippen molar-refractivity contribution in [1.82, 2.24) is 4.90 Å². The molecule has 0 aromatic heterocycles. The number of hydrogen-bond acceptors (Lipinski definition) is 4. The van der Waals surface area contributed by atoms with Crippen LogP contribution in [-0.2, 0) is 14.3 Å². The van der Waals surface area contributed by atoms with Crippen molar-refractivity contribution in [1.29, 1.82) is 0 Å². The smallest absolute Gasteiger partial charge is 0.415 e. The molecule has 0 aromatic rings. The number of methoxy groups -OCH3 is 1. The Bertz CT molecular complexity index is 414. The quantitative estimate of drug-likeness (QED) is 0.426. The van der Waals surface area contributed by atoms with Gasteiger partial charge in [-0.25, -0.2) is 4.79 Å². The van der Waals surface area contributed by atoms with Crippen LogP contribution in [0.25, 0.3) is 0 Å². The van der Waals surface area contributed by atoms with Gasteiger partial charge in [0.2, 0.25) is 0 Å². The Kier molecular flexibility index (Phi) is 8.43. The minimum absolute atomic E-state index is 0.0396. The van der Waals surface area contributed by atoms with E-state index in [0.29, 0.717) is 5.57 Å². The average molecular weight is 297 g/mol. The summed E-state index contributed by atoms with van der Waals surface area (Å²) in [4.78, 5) is 25.2. The molecular formula is C16H27NO4. The summed E-state index contributed by atoms with van der Waals surface area (Å²) in [5, 5.41) is 0. The van der Waals surface area contributed by atoms with Crippen molar-refractivity contribution in [2.24, 2.45) is 0 Å². The number of allylic oxidation sites excluding steroid dienone is 2. The maximum Gasteiger partial charge on any atom is 0.415 e. The minimum Gasteiger partial charge on any atom is -0.469 e. The van der Waals surface area contributed by atoms with Gasteiger partial charge in [-0.15, -0.1) is 0 Å². The molecule has 0 saturated heterocycles. The molecule has 0 rings (SSSR count). The summed E-state index contributed by atoms with van der Waals surface area (Å²) in [6.07, 6.45) is 2.84. The van der Waals surface area contributed by atoms with Crippen LogP contribution in [0.5, 0.6) is 0 Å². The molecule has 0 aliphatic heterocycles. The van der Waals surface area contributed by atoms with E-state index >= 15 is 0 Å². The predicted molar refractivity (Wildman–Crippen MR) is 82.7 cm³/mol. The van der Waals surface area contributed by atoms with Crippen molar-refractivity contribution in [2.45, 2.75) is 60.0 Å². The molecule has 1 amide bonds. The van der Waals surface area contributed by atoms with Crippen molar-refractivity contribution < 1.29 is 19.1 Å². The maximum absolute atomic E-state index is 12.1. The zero-order valence-corrected chi connectivity index (χ0v) is 14.1. The van der Waals surface area contributed by atoms with E-state index in [1.54, 1.807) is 4.90 Å². The second kappa shape index (κ2) is 9.21. The van der Waals surface area contributed by atoms with Crippen LogP contribution >= 0.6 is 0 Å². The molecule has 0 heterocycles. The molecular weight excluding hydrogens is 270 g/mol. The lowest BCUT2D eigenvalue weighted by atomic mass is 10.1. The Morgan fingerprint density at radius 1 is 1.14 bits per heavy atom. The van der Waals surface area contributed by atoms with E-state index in [1.165, 1.54) is 13.4 Å². The fraction of sp³-hybridized carbons (Fsp3) is 0.625. The molecule has 0 spiro atoms. The van der Waals surface area contributed by atoms with Crippen LogP contribution < -0.4 is 0 Å². The van der Waals surface area contributed by atoms with Gasteiger partial charge in [0.15, 0.2) is 0 Å². The summed E-state index contributed by atoms with van der Waals surface area (Å²) < 4.78 is 9.88. The summed E-state index contributed by atoms with van der Waals surface area (Å²) in [5.74, 6) is -0.372. The first-order chi connectivity index (χ1) is 9.74. The van der Waals surface area contributed by atoms with Crippen LogP contribution in [0.3, 0.4) is 0 Å². The molecule has 0 radical (unpaired) electrons. The Morgan fingerprint density at radius 3 is 2.05 bits per heavy atom. The zero-order chi connectivity index (χ0) is 16.6. The summed E-state index contributed by atoms with van der Waals surface area (Å²) in [6.45, 7) is 11.4. The number of carbonyl (C=O) groups excluding carboxylic acids is 2. The van der Waals surface area contributed by atoms with E-state index in [9.17, 15) is 9.59 Å². The van der Waals surface area contributed by atoms with Gasteiger partial charge in [-0.2, -0.15) is 0 Å². The average Bonchev–Trinajstić information content (AvgIpc) is 2.41. The monoisotopic (exact) mass is 297 g/mol. The van der Waals surface area contributed by atoms with Crippen molar-refractivity contribution in [3.8, 4) is 0 Å². The summed E-state index contributed by atoms with van der Waals surface area (Å²) in [5.41, 5.74) is 1.50. The molecule has 0 aliphatic carbocycles. The second-order valence-corrected chi connectivity index (χ2v) is 5.35. The van der Waals surface area contributed by atoms with Gasteiger partial charge in [0.25, 0.3) is 0 Å². The highest BCUT2D eigenvalue weighted by atomic mass is 16.5. The number of amides is 1. The molecule has 0 N–H and O–H groups in total. The van der Waals surface area contributed by atoms with E-state index in [1.807, 2.05) is 47.6 Å². The van der Waals surface area contributed by atoms with E-state index in [4.69, 9.17) is 4.74 Å². The number of nitrogens with zero attached hydrogens (tertiary/aromatic N) is 1. The standard InChI is InChI=1S/C16H27NO4/c1-8-13(6)14(9-15(18)20-7)10-21-16(19)17(11(2)3)12(4)5/h8,10-12H,9H2,1-7H3/b13-8+,14-10-. The van der Waals surface area contributed by atoms with Gasteiger partial charge in [0.1, 0.15) is 6.26 Å². The van der Waals surface area contributed by atoms with Gasteiger partial charge in [-0.3, -0.25) is 4.79 Å². The van der Waals surface area contributed by atoms with Crippen molar-refractivity contribution in [2.75, 3.05) is 7.11 Å². The van der Waals surface area contributed by atoms with Crippen LogP contribution in [0.1, 0.15) is 48.0 Å². The van der Waals surface area contributed by atoms with Gasteiger partial charge in [0.05, 0.1) is 13.5 Å². The summed E-state index contributed by atoms with van der Waals surface area (Å²) in [6, 6.07) is 0.0792. The molecule has 0 fully saturated rings. The van der Waals surface area contributed by atoms with E-state index in [0.717, 1.165) is 5.57 Å². The molecule has 5 heteroatoms. The lowest BCUT2D eigenvalue weighted by Crippen LogP contribution is -2.41. The lowest BCUT2D eigenvalue weighted by Gasteiger charge is -2.29. The SMILES string of the molecule is C/C=C(C)/C(=C\OC(=O)N(C(C)C)C(C)C)CC(=O)OC. The number of esters is 1. The molecule has 0 aliphatic rings. The molecule has 0 aromatic carbocycles. The maximum atomic E-state index is 12.1. The van der Waals surface area contributed by atoms with Gasteiger partial charge < -0.3 is 14.4 Å². The Balaban J connectivity index is 5.06. The predicted octanol–water partition coefficient (Wildman–Crippen LogP) is 3.66. The fourth-order valence-corrected chi connectivity index (χ4v) is 1.89. The van der Waals surface area contributed by atoms with Crippen molar-refractivity contribution >= 4 is 12.1 Å². The van der Waals surface area contributed by atoms with Gasteiger partial charge in [-0.05, 0) is 47.1 Å². The third-order valence-corrected chi connectivity index (χ3v) is 3.13. The molecule has 5 nitrogen and oxygen atoms in total. The first-order valence-corrected chi connectivity index (χ1v) is 7.12. The third-order valence-electron chi connectivity index (χ3n) is 3.13. The molecule has 0 saturated carbocycles. The second-order valence-electron chi connectivity index (χ2n) is 5.35. The van der Waals surface area contributed by atoms with Crippen LogP contribution in [0, 0.1) is 0 Å². The van der Waals surface area contributed by atoms with Gasteiger partial charge in [0, 0.05) is 17.7 Å². The fourth-order valence-electron chi connectivity index (χ4n) is 1.89. The summed E-state index contributed by atoms with van der Waals surface area (Å²) >= 11 is 0. The number of ether oxygens (including phenoxy) is 2. The highest BCUT2D eigenvalue weighted by molar-refractivity contribution is 5.74. The first-order valence-electron chi connectivity index (χ1n) is 7.12. The zero-order valence-electron chi connectivity index (χ0n) is 14.1. The largest absolute Gasteiger partial charge is 0.469 e. The molecule has 0 atom stereocenters. The van der Waals surface area contributed by atoms with Crippen LogP contribution in [0.4, 0.5) is 4.79 Å². The normalized spacial score (nSPS) is 12.6. The highest BCUT2D eigenvalue weighted by Gasteiger charge is 2.21. The molecule has 21 heavy (non-hydrogen) atoms. The van der Waals surface area contributed by atoms with E-state index in [2.05, 4.69) is 4.74 Å². The first kappa shape index (κ1) is 19.2. The third kappa shape index (κ3) is 6.47. The molecule has 0 unspecified atom stereocenters. The van der Waals surface area contributed by atoms with E-state index < -0.39 is 6.09 Å². The Labute approximate surface area is 127 Å². The highest BCUT2D eigenvalue weighted by Crippen LogP contribution is 2.16. The summed E-state index contributed by atoms with van der Waals surface area (Å²) in [7, 11) is 1.33. The van der Waals surface area contributed by atoms with Crippen molar-refractivity contribution in [3.05, 3.63) is 23.5 Å². The van der Waals surface area contributed by atoms with Gasteiger partial charge >= 0.3 is 12.1 Å². The number of hydrogen-bond donors (Lipinski definition) is 0. The Morgan fingerprint density at radius 2 is 1.67 bits per heavy atom. The molecule has 120 valence electrons. The van der Waals surface area contributed by atoms with Crippen molar-refractivity contribution in [3.63, 3.8) is 0 Å². The number of rotatable bonds is 6. The Hall–Kier alpha value is -1.78. The number of carbonyl (C=O) groups is 2. The lowest BCUT2D eigenvalue weighted by molar-refractivity contribution is -0.139. The van der Waals surface area contributed by atoms with Gasteiger partial charge in [-0.1, -0.05) is 6.08 Å². The van der Waals surface area contributed by atoms with E-state index in [-0.39, 0.29) is 24.5 Å².